The summed E-state index contributed by atoms with van der Waals surface area (Å²) < 4.78 is 14.1. The van der Waals surface area contributed by atoms with Crippen LogP contribution in [0.25, 0.3) is 22.2 Å². The van der Waals surface area contributed by atoms with Crippen molar-refractivity contribution in [2.24, 2.45) is 0 Å². The maximum Gasteiger partial charge on any atom is 0.123 e. The number of fused-ring (bicyclic) bond motifs is 1. The van der Waals surface area contributed by atoms with Crippen LogP contribution in [0, 0.1) is 5.82 Å². The van der Waals surface area contributed by atoms with Crippen LogP contribution in [0.5, 0.6) is 0 Å². The number of halogens is 2. The van der Waals surface area contributed by atoms with Gasteiger partial charge >= 0.3 is 0 Å². The number of rotatable bonds is 1. The van der Waals surface area contributed by atoms with Gasteiger partial charge in [0, 0.05) is 21.1 Å². The molecule has 0 spiro atoms. The van der Waals surface area contributed by atoms with Crippen LogP contribution in [0.3, 0.4) is 0 Å². The highest BCUT2D eigenvalue weighted by molar-refractivity contribution is 9.10. The van der Waals surface area contributed by atoms with Crippen LogP contribution < -0.4 is 0 Å². The molecule has 0 aliphatic carbocycles. The van der Waals surface area contributed by atoms with Crippen molar-refractivity contribution >= 4 is 26.8 Å². The maximum atomic E-state index is 13.1. The Morgan fingerprint density at radius 1 is 1.00 bits per heavy atom. The predicted octanol–water partition coefficient (Wildman–Crippen LogP) is 4.74. The molecule has 3 heteroatoms. The molecule has 0 bridgehead atoms. The minimum Gasteiger partial charge on any atom is -0.355 e. The molecule has 1 heterocycles. The number of aromatic nitrogens is 1. The third kappa shape index (κ3) is 1.98. The molecule has 17 heavy (non-hydrogen) atoms. The molecule has 3 aromatic rings. The van der Waals surface area contributed by atoms with E-state index in [1.165, 1.54) is 12.1 Å². The summed E-state index contributed by atoms with van der Waals surface area (Å²) in [6, 6.07) is 14.7. The van der Waals surface area contributed by atoms with E-state index in [1.807, 2.05) is 30.3 Å². The number of nitrogens with one attached hydrogen (secondary N) is 1. The molecule has 1 nitrogen and oxygen atoms in total. The van der Waals surface area contributed by atoms with Gasteiger partial charge in [0.2, 0.25) is 0 Å². The quantitative estimate of drug-likeness (QED) is 0.666. The highest BCUT2D eigenvalue weighted by Crippen LogP contribution is 2.26. The molecular weight excluding hydrogens is 281 g/mol. The highest BCUT2D eigenvalue weighted by Gasteiger charge is 2.04. The number of aromatic amines is 1. The normalized spacial score (nSPS) is 10.9. The number of H-pyrrole nitrogens is 1. The van der Waals surface area contributed by atoms with E-state index in [-0.39, 0.29) is 5.82 Å². The van der Waals surface area contributed by atoms with Gasteiger partial charge in [0.05, 0.1) is 0 Å². The third-order valence-corrected chi connectivity index (χ3v) is 3.21. The van der Waals surface area contributed by atoms with Gasteiger partial charge in [-0.1, -0.05) is 28.1 Å². The van der Waals surface area contributed by atoms with E-state index in [0.717, 1.165) is 26.6 Å². The minimum atomic E-state index is -0.211. The first kappa shape index (κ1) is 10.5. The second-order valence-electron chi connectivity index (χ2n) is 3.92. The average Bonchev–Trinajstić information content (AvgIpc) is 2.72. The van der Waals surface area contributed by atoms with Gasteiger partial charge in [0.1, 0.15) is 5.82 Å². The summed E-state index contributed by atoms with van der Waals surface area (Å²) in [6.07, 6.45) is 0. The van der Waals surface area contributed by atoms with Gasteiger partial charge < -0.3 is 4.98 Å². The first-order valence-electron chi connectivity index (χ1n) is 5.26. The molecule has 84 valence electrons. The van der Waals surface area contributed by atoms with Gasteiger partial charge in [-0.3, -0.25) is 0 Å². The Morgan fingerprint density at radius 2 is 1.88 bits per heavy atom. The highest BCUT2D eigenvalue weighted by atomic mass is 79.9. The fourth-order valence-electron chi connectivity index (χ4n) is 1.92. The summed E-state index contributed by atoms with van der Waals surface area (Å²) in [6.45, 7) is 0. The lowest BCUT2D eigenvalue weighted by Gasteiger charge is -1.97. The lowest BCUT2D eigenvalue weighted by Crippen LogP contribution is -1.76. The van der Waals surface area contributed by atoms with Crippen LogP contribution >= 0.6 is 15.9 Å². The van der Waals surface area contributed by atoms with Crippen LogP contribution in [0.1, 0.15) is 0 Å². The zero-order valence-electron chi connectivity index (χ0n) is 8.87. The molecule has 1 aromatic heterocycles. The zero-order valence-corrected chi connectivity index (χ0v) is 10.5. The average molecular weight is 290 g/mol. The van der Waals surface area contributed by atoms with E-state index in [4.69, 9.17) is 0 Å². The Morgan fingerprint density at radius 3 is 2.71 bits per heavy atom. The Hall–Kier alpha value is -1.61. The molecule has 0 amide bonds. The molecule has 0 saturated heterocycles. The molecular formula is C14H9BrFN. The fraction of sp³-hybridized carbons (Fsp3) is 0. The maximum absolute atomic E-state index is 13.1. The van der Waals surface area contributed by atoms with E-state index < -0.39 is 0 Å². The molecule has 0 atom stereocenters. The Kier molecular flexibility index (Phi) is 2.48. The van der Waals surface area contributed by atoms with Crippen LogP contribution in [0.15, 0.2) is 53.0 Å². The van der Waals surface area contributed by atoms with E-state index >= 15 is 0 Å². The van der Waals surface area contributed by atoms with Crippen LogP contribution in [-0.2, 0) is 0 Å². The molecule has 2 aromatic carbocycles. The largest absolute Gasteiger partial charge is 0.355 e. The first-order valence-corrected chi connectivity index (χ1v) is 6.06. The molecule has 3 rings (SSSR count). The van der Waals surface area contributed by atoms with Gasteiger partial charge in [0.15, 0.2) is 0 Å². The molecule has 0 unspecified atom stereocenters. The van der Waals surface area contributed by atoms with Gasteiger partial charge in [-0.05, 0) is 42.0 Å². The fourth-order valence-corrected chi connectivity index (χ4v) is 2.31. The van der Waals surface area contributed by atoms with Crippen molar-refractivity contribution < 1.29 is 4.39 Å². The van der Waals surface area contributed by atoms with Crippen LogP contribution in [0.2, 0.25) is 0 Å². The monoisotopic (exact) mass is 289 g/mol. The van der Waals surface area contributed by atoms with E-state index in [9.17, 15) is 4.39 Å². The summed E-state index contributed by atoms with van der Waals surface area (Å²) in [4.78, 5) is 3.28. The molecule has 0 aliphatic rings. The summed E-state index contributed by atoms with van der Waals surface area (Å²) >= 11 is 3.44. The summed E-state index contributed by atoms with van der Waals surface area (Å²) in [5.41, 5.74) is 3.02. The summed E-state index contributed by atoms with van der Waals surface area (Å²) in [7, 11) is 0. The Labute approximate surface area is 106 Å². The van der Waals surface area contributed by atoms with E-state index in [1.54, 1.807) is 6.07 Å². The minimum absolute atomic E-state index is 0.211. The van der Waals surface area contributed by atoms with Crippen molar-refractivity contribution in [3.63, 3.8) is 0 Å². The lowest BCUT2D eigenvalue weighted by molar-refractivity contribution is 0.630. The summed E-state index contributed by atoms with van der Waals surface area (Å²) in [5.74, 6) is -0.211. The second kappa shape index (κ2) is 4.00. The van der Waals surface area contributed by atoms with Gasteiger partial charge in [0.25, 0.3) is 0 Å². The predicted molar refractivity (Wildman–Crippen MR) is 71.4 cm³/mol. The standard InChI is InChI=1S/C14H9BrFN/c15-11-3-1-2-9(6-11)14-8-10-7-12(16)4-5-13(10)17-14/h1-8,17H. The van der Waals surface area contributed by atoms with E-state index in [2.05, 4.69) is 20.9 Å². The first-order chi connectivity index (χ1) is 8.22. The second-order valence-corrected chi connectivity index (χ2v) is 4.84. The molecule has 0 fully saturated rings. The van der Waals surface area contributed by atoms with Crippen molar-refractivity contribution in [3.8, 4) is 11.3 Å². The summed E-state index contributed by atoms with van der Waals surface area (Å²) in [5, 5.41) is 0.889. The van der Waals surface area contributed by atoms with Crippen molar-refractivity contribution in [2.45, 2.75) is 0 Å². The lowest BCUT2D eigenvalue weighted by atomic mass is 10.1. The van der Waals surface area contributed by atoms with Gasteiger partial charge in [-0.15, -0.1) is 0 Å². The van der Waals surface area contributed by atoms with Crippen LogP contribution in [0.4, 0.5) is 4.39 Å². The number of hydrogen-bond acceptors (Lipinski definition) is 0. The van der Waals surface area contributed by atoms with Crippen LogP contribution in [-0.4, -0.2) is 4.98 Å². The smallest absolute Gasteiger partial charge is 0.123 e. The molecule has 0 saturated carbocycles. The van der Waals surface area contributed by atoms with Gasteiger partial charge in [-0.25, -0.2) is 4.39 Å². The SMILES string of the molecule is Fc1ccc2[nH]c(-c3cccc(Br)c3)cc2c1. The van der Waals surface area contributed by atoms with Crippen molar-refractivity contribution in [3.05, 3.63) is 58.8 Å². The Balaban J connectivity index is 2.18. The van der Waals surface area contributed by atoms with E-state index in [0.29, 0.717) is 0 Å². The van der Waals surface area contributed by atoms with Crippen molar-refractivity contribution in [2.75, 3.05) is 0 Å². The Bertz CT molecular complexity index is 688. The van der Waals surface area contributed by atoms with Gasteiger partial charge in [-0.2, -0.15) is 0 Å². The molecule has 0 aliphatic heterocycles. The molecule has 0 radical (unpaired) electrons. The number of hydrogen-bond donors (Lipinski definition) is 1. The molecule has 1 N–H and O–H groups in total. The topological polar surface area (TPSA) is 15.8 Å². The zero-order chi connectivity index (χ0) is 11.8. The van der Waals surface area contributed by atoms with Crippen molar-refractivity contribution in [1.82, 2.24) is 4.98 Å². The van der Waals surface area contributed by atoms with Crippen molar-refractivity contribution in [1.29, 1.82) is 0 Å². The third-order valence-electron chi connectivity index (χ3n) is 2.72. The number of benzene rings is 2.